The maximum atomic E-state index is 12.5. The molecule has 3 aromatic rings. The molecule has 10 nitrogen and oxygen atoms in total. The molecular formula is C27H30N4O6S. The number of piperidine rings is 1. The van der Waals surface area contributed by atoms with Crippen molar-refractivity contribution in [2.24, 2.45) is 0 Å². The smallest absolute Gasteiger partial charge is 0.410 e. The SMILES string of the molecule is COc1ccc(COC(=O)N2CCC(Oc3cc(N4CCc5cc(S(C)(=O)=O)ccc54)ncn3)CC2)cc1. The molecule has 5 rings (SSSR count). The highest BCUT2D eigenvalue weighted by molar-refractivity contribution is 7.90. The second-order valence-corrected chi connectivity index (χ2v) is 11.4. The van der Waals surface area contributed by atoms with E-state index in [4.69, 9.17) is 14.2 Å². The molecule has 200 valence electrons. The van der Waals surface area contributed by atoms with Gasteiger partial charge >= 0.3 is 6.09 Å². The van der Waals surface area contributed by atoms with Crippen LogP contribution in [-0.2, 0) is 27.6 Å². The van der Waals surface area contributed by atoms with Crippen LogP contribution in [-0.4, -0.2) is 68.5 Å². The number of aromatic nitrogens is 2. The normalized spacial score (nSPS) is 15.7. The van der Waals surface area contributed by atoms with Crippen molar-refractivity contribution in [3.8, 4) is 11.6 Å². The number of amides is 1. The van der Waals surface area contributed by atoms with Crippen LogP contribution in [0.2, 0.25) is 0 Å². The number of methoxy groups -OCH3 is 1. The molecule has 0 unspecified atom stereocenters. The van der Waals surface area contributed by atoms with Crippen molar-refractivity contribution < 1.29 is 27.4 Å². The van der Waals surface area contributed by atoms with Gasteiger partial charge in [0.05, 0.1) is 12.0 Å². The van der Waals surface area contributed by atoms with Gasteiger partial charge in [0.25, 0.3) is 0 Å². The lowest BCUT2D eigenvalue weighted by Gasteiger charge is -2.31. The number of sulfone groups is 1. The average Bonchev–Trinajstić information content (AvgIpc) is 3.36. The lowest BCUT2D eigenvalue weighted by Crippen LogP contribution is -2.42. The summed E-state index contributed by atoms with van der Waals surface area (Å²) in [6.07, 6.45) is 4.33. The van der Waals surface area contributed by atoms with Crippen LogP contribution >= 0.6 is 0 Å². The first-order valence-corrected chi connectivity index (χ1v) is 14.3. The summed E-state index contributed by atoms with van der Waals surface area (Å²) in [6, 6.07) is 14.4. The van der Waals surface area contributed by atoms with Gasteiger partial charge in [0.15, 0.2) is 9.84 Å². The monoisotopic (exact) mass is 538 g/mol. The first-order chi connectivity index (χ1) is 18.3. The van der Waals surface area contributed by atoms with E-state index in [2.05, 4.69) is 9.97 Å². The molecule has 0 atom stereocenters. The average molecular weight is 539 g/mol. The lowest BCUT2D eigenvalue weighted by molar-refractivity contribution is 0.0625. The Bertz CT molecular complexity index is 1410. The Labute approximate surface area is 222 Å². The number of benzene rings is 2. The number of hydrogen-bond donors (Lipinski definition) is 0. The molecule has 3 heterocycles. The summed E-state index contributed by atoms with van der Waals surface area (Å²) in [5, 5.41) is 0. The molecule has 1 fully saturated rings. The van der Waals surface area contributed by atoms with Crippen LogP contribution in [0.4, 0.5) is 16.3 Å². The van der Waals surface area contributed by atoms with Crippen molar-refractivity contribution in [1.82, 2.24) is 14.9 Å². The second-order valence-electron chi connectivity index (χ2n) is 9.39. The van der Waals surface area contributed by atoms with E-state index in [9.17, 15) is 13.2 Å². The molecule has 0 aliphatic carbocycles. The Kier molecular flexibility index (Phi) is 7.37. The number of hydrogen-bond acceptors (Lipinski definition) is 9. The number of rotatable bonds is 7. The summed E-state index contributed by atoms with van der Waals surface area (Å²) in [7, 11) is -1.65. The van der Waals surface area contributed by atoms with Crippen LogP contribution in [0.15, 0.2) is 59.8 Å². The Balaban J connectivity index is 1.14. The summed E-state index contributed by atoms with van der Waals surface area (Å²) >= 11 is 0. The van der Waals surface area contributed by atoms with Crippen molar-refractivity contribution in [1.29, 1.82) is 0 Å². The molecule has 0 N–H and O–H groups in total. The van der Waals surface area contributed by atoms with Crippen molar-refractivity contribution in [3.05, 3.63) is 66.0 Å². The van der Waals surface area contributed by atoms with Crippen LogP contribution < -0.4 is 14.4 Å². The highest BCUT2D eigenvalue weighted by Gasteiger charge is 2.27. The van der Waals surface area contributed by atoms with E-state index in [1.165, 1.54) is 12.6 Å². The van der Waals surface area contributed by atoms with E-state index in [1.807, 2.05) is 35.2 Å². The number of anilines is 2. The number of carbonyl (C=O) groups is 1. The van der Waals surface area contributed by atoms with Crippen LogP contribution in [0.3, 0.4) is 0 Å². The maximum absolute atomic E-state index is 12.5. The highest BCUT2D eigenvalue weighted by atomic mass is 32.2. The zero-order chi connectivity index (χ0) is 26.7. The fraction of sp³-hybridized carbons (Fsp3) is 0.370. The third kappa shape index (κ3) is 5.83. The molecule has 2 aliphatic heterocycles. The summed E-state index contributed by atoms with van der Waals surface area (Å²) in [4.78, 5) is 25.3. The van der Waals surface area contributed by atoms with E-state index in [1.54, 1.807) is 30.2 Å². The first kappa shape index (κ1) is 25.8. The van der Waals surface area contributed by atoms with Gasteiger partial charge in [-0.15, -0.1) is 0 Å². The van der Waals surface area contributed by atoms with Gasteiger partial charge in [0, 0.05) is 50.5 Å². The van der Waals surface area contributed by atoms with Crippen molar-refractivity contribution in [2.45, 2.75) is 36.9 Å². The van der Waals surface area contributed by atoms with Crippen LogP contribution in [0.25, 0.3) is 0 Å². The zero-order valence-corrected chi connectivity index (χ0v) is 22.2. The largest absolute Gasteiger partial charge is 0.497 e. The molecule has 0 saturated carbocycles. The summed E-state index contributed by atoms with van der Waals surface area (Å²) in [5.41, 5.74) is 2.80. The Morgan fingerprint density at radius 3 is 2.50 bits per heavy atom. The number of ether oxygens (including phenoxy) is 3. The predicted octanol–water partition coefficient (Wildman–Crippen LogP) is 3.76. The Morgan fingerprint density at radius 1 is 1.03 bits per heavy atom. The zero-order valence-electron chi connectivity index (χ0n) is 21.4. The lowest BCUT2D eigenvalue weighted by atomic mass is 10.1. The van der Waals surface area contributed by atoms with E-state index < -0.39 is 9.84 Å². The molecule has 0 radical (unpaired) electrons. The Hall–Kier alpha value is -3.86. The molecule has 0 spiro atoms. The van der Waals surface area contributed by atoms with Crippen molar-refractivity contribution >= 4 is 27.4 Å². The number of carbonyl (C=O) groups excluding carboxylic acids is 1. The minimum atomic E-state index is -3.26. The fourth-order valence-electron chi connectivity index (χ4n) is 4.67. The van der Waals surface area contributed by atoms with Gasteiger partial charge in [0.1, 0.15) is 30.6 Å². The molecule has 0 bridgehead atoms. The van der Waals surface area contributed by atoms with Gasteiger partial charge in [-0.05, 0) is 47.9 Å². The maximum Gasteiger partial charge on any atom is 0.410 e. The third-order valence-corrected chi connectivity index (χ3v) is 7.90. The van der Waals surface area contributed by atoms with E-state index >= 15 is 0 Å². The predicted molar refractivity (Wildman–Crippen MR) is 141 cm³/mol. The molecule has 2 aromatic carbocycles. The standard InChI is InChI=1S/C27H30N4O6S/c1-35-21-5-3-19(4-6-21)17-36-27(32)30-12-10-22(11-13-30)37-26-16-25(28-18-29-26)31-14-9-20-15-23(38(2,33)34)7-8-24(20)31/h3-8,15-16,18,22H,9-14,17H2,1-2H3. The van der Waals surface area contributed by atoms with Crippen LogP contribution in [0.1, 0.15) is 24.0 Å². The van der Waals surface area contributed by atoms with Gasteiger partial charge in [-0.2, -0.15) is 0 Å². The van der Waals surface area contributed by atoms with E-state index in [0.29, 0.717) is 49.1 Å². The van der Waals surface area contributed by atoms with Crippen molar-refractivity contribution in [2.75, 3.05) is 37.9 Å². The quantitative estimate of drug-likeness (QED) is 0.444. The molecule has 11 heteroatoms. The summed E-state index contributed by atoms with van der Waals surface area (Å²) < 4.78 is 40.6. The molecular weight excluding hydrogens is 508 g/mol. The second kappa shape index (κ2) is 10.9. The van der Waals surface area contributed by atoms with Gasteiger partial charge in [0.2, 0.25) is 5.88 Å². The van der Waals surface area contributed by atoms with Crippen LogP contribution in [0.5, 0.6) is 11.6 Å². The van der Waals surface area contributed by atoms with E-state index in [0.717, 1.165) is 29.0 Å². The summed E-state index contributed by atoms with van der Waals surface area (Å²) in [5.74, 6) is 1.92. The van der Waals surface area contributed by atoms with Gasteiger partial charge < -0.3 is 24.0 Å². The minimum absolute atomic E-state index is 0.0772. The van der Waals surface area contributed by atoms with Gasteiger partial charge in [-0.1, -0.05) is 12.1 Å². The van der Waals surface area contributed by atoms with Gasteiger partial charge in [-0.25, -0.2) is 23.2 Å². The van der Waals surface area contributed by atoms with Crippen molar-refractivity contribution in [3.63, 3.8) is 0 Å². The number of fused-ring (bicyclic) bond motifs is 1. The highest BCUT2D eigenvalue weighted by Crippen LogP contribution is 2.35. The molecule has 1 aromatic heterocycles. The minimum Gasteiger partial charge on any atom is -0.497 e. The molecule has 1 saturated heterocycles. The number of likely N-dealkylation sites (tertiary alicyclic amines) is 1. The molecule has 1 amide bonds. The Morgan fingerprint density at radius 2 is 1.79 bits per heavy atom. The van der Waals surface area contributed by atoms with Crippen LogP contribution in [0, 0.1) is 0 Å². The topological polar surface area (TPSA) is 111 Å². The number of nitrogens with zero attached hydrogens (tertiary/aromatic N) is 4. The molecule has 2 aliphatic rings. The third-order valence-electron chi connectivity index (χ3n) is 6.79. The summed E-state index contributed by atoms with van der Waals surface area (Å²) in [6.45, 7) is 1.96. The van der Waals surface area contributed by atoms with E-state index in [-0.39, 0.29) is 18.8 Å². The molecule has 38 heavy (non-hydrogen) atoms. The fourth-order valence-corrected chi connectivity index (χ4v) is 5.35. The first-order valence-electron chi connectivity index (χ1n) is 12.4. The van der Waals surface area contributed by atoms with Gasteiger partial charge in [-0.3, -0.25) is 0 Å².